The summed E-state index contributed by atoms with van der Waals surface area (Å²) < 4.78 is 5.11. The average Bonchev–Trinajstić information content (AvgIpc) is 3.36. The van der Waals surface area contributed by atoms with Crippen LogP contribution in [0.15, 0.2) is 22.5 Å². The Balaban J connectivity index is 0.00000364. The molecule has 1 aliphatic heterocycles. The molecule has 2 N–H and O–H groups in total. The van der Waals surface area contributed by atoms with Crippen LogP contribution in [-0.2, 0) is 4.74 Å². The number of nitrogens with one attached hydrogen (secondary N) is 2. The average molecular weight is 510 g/mol. The van der Waals surface area contributed by atoms with Crippen molar-refractivity contribution in [3.8, 4) is 0 Å². The minimum absolute atomic E-state index is 0. The van der Waals surface area contributed by atoms with Crippen molar-refractivity contribution < 1.29 is 4.74 Å². The van der Waals surface area contributed by atoms with E-state index in [1.165, 1.54) is 30.8 Å². The minimum Gasteiger partial charge on any atom is -0.383 e. The molecule has 0 amide bonds. The maximum absolute atomic E-state index is 5.11. The monoisotopic (exact) mass is 509 g/mol. The fraction of sp³-hybridized carbons (Fsp3) is 0.737. The molecule has 2 rings (SSSR count). The van der Waals surface area contributed by atoms with Gasteiger partial charge < -0.3 is 20.3 Å². The quantitative estimate of drug-likeness (QED) is 0.208. The normalized spacial score (nSPS) is 16.4. The van der Waals surface area contributed by atoms with Crippen LogP contribution >= 0.6 is 35.3 Å². The Morgan fingerprint density at radius 1 is 1.33 bits per heavy atom. The first-order chi connectivity index (χ1) is 12.7. The van der Waals surface area contributed by atoms with Gasteiger partial charge in [0.25, 0.3) is 0 Å². The molecule has 0 saturated carbocycles. The van der Waals surface area contributed by atoms with Crippen LogP contribution in [0.5, 0.6) is 0 Å². The molecule has 0 spiro atoms. The number of hydrogen-bond donors (Lipinski definition) is 2. The Kier molecular flexibility index (Phi) is 13.3. The van der Waals surface area contributed by atoms with Crippen molar-refractivity contribution in [2.45, 2.75) is 25.3 Å². The van der Waals surface area contributed by atoms with Crippen molar-refractivity contribution in [2.75, 3.05) is 67.1 Å². The van der Waals surface area contributed by atoms with E-state index >= 15 is 0 Å². The van der Waals surface area contributed by atoms with Crippen LogP contribution in [0.3, 0.4) is 0 Å². The molecule has 1 fully saturated rings. The van der Waals surface area contributed by atoms with Gasteiger partial charge in [-0.1, -0.05) is 6.07 Å². The first kappa shape index (κ1) is 24.6. The van der Waals surface area contributed by atoms with Crippen molar-refractivity contribution in [1.29, 1.82) is 0 Å². The van der Waals surface area contributed by atoms with Crippen molar-refractivity contribution in [2.24, 2.45) is 4.99 Å². The van der Waals surface area contributed by atoms with Crippen LogP contribution in [-0.4, -0.2) is 82.8 Å². The molecule has 1 aromatic heterocycles. The second-order valence-corrected chi connectivity index (χ2v) is 7.78. The molecule has 27 heavy (non-hydrogen) atoms. The van der Waals surface area contributed by atoms with E-state index in [-0.39, 0.29) is 24.0 Å². The second-order valence-electron chi connectivity index (χ2n) is 6.80. The summed E-state index contributed by atoms with van der Waals surface area (Å²) in [7, 11) is 5.72. The Morgan fingerprint density at radius 2 is 2.11 bits per heavy atom. The van der Waals surface area contributed by atoms with Gasteiger partial charge in [-0.2, -0.15) is 0 Å². The Labute approximate surface area is 185 Å². The predicted molar refractivity (Wildman–Crippen MR) is 127 cm³/mol. The predicted octanol–water partition coefficient (Wildman–Crippen LogP) is 2.64. The van der Waals surface area contributed by atoms with Crippen molar-refractivity contribution in [3.63, 3.8) is 0 Å². The summed E-state index contributed by atoms with van der Waals surface area (Å²) in [5.41, 5.74) is 0. The molecule has 0 bridgehead atoms. The van der Waals surface area contributed by atoms with Crippen LogP contribution in [0, 0.1) is 0 Å². The zero-order chi connectivity index (χ0) is 18.6. The van der Waals surface area contributed by atoms with Crippen LogP contribution in [0.4, 0.5) is 0 Å². The van der Waals surface area contributed by atoms with Crippen molar-refractivity contribution >= 4 is 41.3 Å². The van der Waals surface area contributed by atoms with Gasteiger partial charge >= 0.3 is 0 Å². The summed E-state index contributed by atoms with van der Waals surface area (Å²) in [5, 5.41) is 9.14. The molecular weight excluding hydrogens is 473 g/mol. The van der Waals surface area contributed by atoms with E-state index in [0.717, 1.165) is 45.2 Å². The zero-order valence-electron chi connectivity index (χ0n) is 16.9. The smallest absolute Gasteiger partial charge is 0.191 e. The number of nitrogens with zero attached hydrogens (tertiary/aromatic N) is 3. The molecule has 0 aliphatic carbocycles. The Bertz CT molecular complexity index is 508. The number of rotatable bonds is 11. The van der Waals surface area contributed by atoms with Gasteiger partial charge in [-0.25, -0.2) is 0 Å². The van der Waals surface area contributed by atoms with Crippen LogP contribution in [0.2, 0.25) is 0 Å². The van der Waals surface area contributed by atoms with Gasteiger partial charge in [0.1, 0.15) is 0 Å². The van der Waals surface area contributed by atoms with Crippen LogP contribution in [0.1, 0.15) is 30.2 Å². The van der Waals surface area contributed by atoms with E-state index in [9.17, 15) is 0 Å². The molecule has 1 unspecified atom stereocenters. The highest BCUT2D eigenvalue weighted by Gasteiger charge is 2.24. The minimum atomic E-state index is 0. The van der Waals surface area contributed by atoms with Crippen molar-refractivity contribution in [1.82, 2.24) is 20.4 Å². The lowest BCUT2D eigenvalue weighted by Gasteiger charge is -2.27. The van der Waals surface area contributed by atoms with Gasteiger partial charge in [0, 0.05) is 38.7 Å². The van der Waals surface area contributed by atoms with Gasteiger partial charge in [-0.3, -0.25) is 9.89 Å². The lowest BCUT2D eigenvalue weighted by atomic mass is 10.2. The van der Waals surface area contributed by atoms with Crippen LogP contribution < -0.4 is 10.6 Å². The van der Waals surface area contributed by atoms with E-state index < -0.39 is 0 Å². The molecule has 6 nitrogen and oxygen atoms in total. The first-order valence-electron chi connectivity index (χ1n) is 9.64. The molecular formula is C19H36IN5OS. The molecule has 0 radical (unpaired) electrons. The first-order valence-corrected chi connectivity index (χ1v) is 10.5. The van der Waals surface area contributed by atoms with E-state index in [4.69, 9.17) is 4.74 Å². The standard InChI is InChI=1S/C19H35N5OS.HI/c1-20-19(21-9-7-10-23(2)13-14-25-3)22-16-17(18-8-6-15-26-18)24-11-4-5-12-24;/h6,8,15,17H,4-5,7,9-14,16H2,1-3H3,(H2,20,21,22);1H. The number of methoxy groups -OCH3 is 1. The fourth-order valence-corrected chi connectivity index (χ4v) is 4.13. The molecule has 8 heteroatoms. The summed E-state index contributed by atoms with van der Waals surface area (Å²) in [6.07, 6.45) is 3.71. The summed E-state index contributed by atoms with van der Waals surface area (Å²) in [6.45, 7) is 7.03. The maximum atomic E-state index is 5.11. The Hall–Kier alpha value is -0.420. The largest absolute Gasteiger partial charge is 0.383 e. The number of halogens is 1. The number of ether oxygens (including phenoxy) is 1. The SMILES string of the molecule is CN=C(NCCCN(C)CCOC)NCC(c1cccs1)N1CCCC1.I. The number of aliphatic imine (C=N–C) groups is 1. The summed E-state index contributed by atoms with van der Waals surface area (Å²) in [4.78, 5) is 10.7. The molecule has 156 valence electrons. The van der Waals surface area contributed by atoms with Gasteiger partial charge in [0.15, 0.2) is 5.96 Å². The second kappa shape index (κ2) is 14.6. The van der Waals surface area contributed by atoms with E-state index in [1.54, 1.807) is 7.11 Å². The third kappa shape index (κ3) is 9.08. The molecule has 1 atom stereocenters. The molecule has 2 heterocycles. The highest BCUT2D eigenvalue weighted by atomic mass is 127. The topological polar surface area (TPSA) is 52.1 Å². The molecule has 0 aromatic carbocycles. The number of likely N-dealkylation sites (tertiary alicyclic amines) is 1. The summed E-state index contributed by atoms with van der Waals surface area (Å²) in [6, 6.07) is 4.84. The number of likely N-dealkylation sites (N-methyl/N-ethyl adjacent to an activating group) is 1. The van der Waals surface area contributed by atoms with E-state index in [1.807, 2.05) is 18.4 Å². The molecule has 1 aliphatic rings. The third-order valence-corrected chi connectivity index (χ3v) is 5.80. The molecule has 1 saturated heterocycles. The number of thiophene rings is 1. The van der Waals surface area contributed by atoms with Gasteiger partial charge in [-0.15, -0.1) is 35.3 Å². The van der Waals surface area contributed by atoms with Crippen LogP contribution in [0.25, 0.3) is 0 Å². The van der Waals surface area contributed by atoms with Gasteiger partial charge in [0.05, 0.1) is 12.6 Å². The lowest BCUT2D eigenvalue weighted by Crippen LogP contribution is -2.43. The lowest BCUT2D eigenvalue weighted by molar-refractivity contribution is 0.161. The Morgan fingerprint density at radius 3 is 2.74 bits per heavy atom. The number of guanidine groups is 1. The van der Waals surface area contributed by atoms with E-state index in [0.29, 0.717) is 6.04 Å². The highest BCUT2D eigenvalue weighted by molar-refractivity contribution is 14.0. The molecule has 1 aromatic rings. The summed E-state index contributed by atoms with van der Waals surface area (Å²) >= 11 is 1.85. The third-order valence-electron chi connectivity index (χ3n) is 4.83. The summed E-state index contributed by atoms with van der Waals surface area (Å²) in [5.74, 6) is 0.894. The fourth-order valence-electron chi connectivity index (χ4n) is 3.27. The van der Waals surface area contributed by atoms with Gasteiger partial charge in [0.2, 0.25) is 0 Å². The van der Waals surface area contributed by atoms with Crippen molar-refractivity contribution in [3.05, 3.63) is 22.4 Å². The highest BCUT2D eigenvalue weighted by Crippen LogP contribution is 2.27. The zero-order valence-corrected chi connectivity index (χ0v) is 20.1. The van der Waals surface area contributed by atoms with Gasteiger partial charge in [-0.05, 0) is 57.4 Å². The van der Waals surface area contributed by atoms with E-state index in [2.05, 4.69) is 50.0 Å². The maximum Gasteiger partial charge on any atom is 0.191 e. The number of hydrogen-bond acceptors (Lipinski definition) is 5.